The van der Waals surface area contributed by atoms with E-state index >= 15 is 0 Å². The minimum Gasteiger partial charge on any atom is -0.453 e. The third-order valence-corrected chi connectivity index (χ3v) is 12.0. The van der Waals surface area contributed by atoms with E-state index in [9.17, 15) is 24.7 Å². The van der Waals surface area contributed by atoms with Crippen molar-refractivity contribution in [2.45, 2.75) is 64.7 Å². The summed E-state index contributed by atoms with van der Waals surface area (Å²) in [6, 6.07) is 23.3. The lowest BCUT2D eigenvalue weighted by Gasteiger charge is -2.38. The van der Waals surface area contributed by atoms with Crippen LogP contribution in [0.1, 0.15) is 75.9 Å². The quantitative estimate of drug-likeness (QED) is 0.0443. The van der Waals surface area contributed by atoms with Gasteiger partial charge in [0.25, 0.3) is 0 Å². The summed E-state index contributed by atoms with van der Waals surface area (Å²) >= 11 is 0. The molecule has 0 spiro atoms. The molecule has 0 aliphatic carbocycles. The Bertz CT molecular complexity index is 2260. The van der Waals surface area contributed by atoms with E-state index < -0.39 is 35.1 Å². The summed E-state index contributed by atoms with van der Waals surface area (Å²) in [6.07, 6.45) is 2.86. The summed E-state index contributed by atoms with van der Waals surface area (Å²) in [6.45, 7) is 8.94. The highest BCUT2D eigenvalue weighted by Gasteiger charge is 2.56. The Balaban J connectivity index is 1.05. The number of carbonyl (C=O) groups excluding carboxylic acids is 2. The molecule has 2 aromatic heterocycles. The van der Waals surface area contributed by atoms with E-state index in [2.05, 4.69) is 34.3 Å². The molecule has 0 saturated carbocycles. The summed E-state index contributed by atoms with van der Waals surface area (Å²) in [7, 11) is 2.93. The molecule has 7 atom stereocenters. The van der Waals surface area contributed by atoms with Gasteiger partial charge in [-0.3, -0.25) is 4.79 Å². The Hall–Kier alpha value is -5.87. The highest BCUT2D eigenvalue weighted by molar-refractivity contribution is 5.86. The summed E-state index contributed by atoms with van der Waals surface area (Å²) in [5, 5.41) is 26.6. The van der Waals surface area contributed by atoms with E-state index in [-0.39, 0.29) is 29.7 Å². The van der Waals surface area contributed by atoms with Crippen LogP contribution < -0.4 is 5.32 Å². The molecule has 60 heavy (non-hydrogen) atoms. The first-order chi connectivity index (χ1) is 28.8. The molecule has 15 heteroatoms. The minimum atomic E-state index is -1.34. The number of benzene rings is 3. The number of ether oxygens (including phenoxy) is 2. The zero-order valence-corrected chi connectivity index (χ0v) is 34.9. The molecule has 2 fully saturated rings. The Morgan fingerprint density at radius 2 is 1.37 bits per heavy atom. The van der Waals surface area contributed by atoms with Crippen LogP contribution >= 0.6 is 0 Å². The van der Waals surface area contributed by atoms with Gasteiger partial charge in [0.15, 0.2) is 6.04 Å². The van der Waals surface area contributed by atoms with E-state index in [1.54, 1.807) is 36.3 Å². The molecule has 0 bridgehead atoms. The fourth-order valence-corrected chi connectivity index (χ4v) is 8.70. The maximum absolute atomic E-state index is 13.9. The molecule has 7 rings (SSSR count). The molecule has 3 unspecified atom stereocenters. The number of methoxy groups -OCH3 is 2. The lowest BCUT2D eigenvalue weighted by atomic mass is 10.0. The molecule has 2 saturated heterocycles. The van der Waals surface area contributed by atoms with Crippen molar-refractivity contribution in [1.29, 1.82) is 0 Å². The second-order valence-electron chi connectivity index (χ2n) is 16.4. The number of alkyl carbamates (subject to hydrolysis) is 1. The van der Waals surface area contributed by atoms with Crippen molar-refractivity contribution in [3.05, 3.63) is 108 Å². The summed E-state index contributed by atoms with van der Waals surface area (Å²) in [4.78, 5) is 56.8. The van der Waals surface area contributed by atoms with Crippen LogP contribution in [-0.2, 0) is 14.3 Å². The predicted molar refractivity (Wildman–Crippen MR) is 224 cm³/mol. The monoisotopic (exact) mass is 819 g/mol. The molecule has 3 amide bonds. The number of H-pyrrole nitrogens is 2. The average molecular weight is 820 g/mol. The van der Waals surface area contributed by atoms with E-state index in [0.29, 0.717) is 44.2 Å². The van der Waals surface area contributed by atoms with Crippen molar-refractivity contribution >= 4 is 18.1 Å². The number of imidazole rings is 2. The highest BCUT2D eigenvalue weighted by Crippen LogP contribution is 2.43. The first-order valence-corrected chi connectivity index (χ1v) is 20.4. The molecule has 15 nitrogen and oxygen atoms in total. The average Bonchev–Trinajstić information content (AvgIpc) is 4.09. The Morgan fingerprint density at radius 1 is 0.817 bits per heavy atom. The molecule has 316 valence electrons. The maximum Gasteiger partial charge on any atom is 0.568 e. The summed E-state index contributed by atoms with van der Waals surface area (Å²) in [5.41, 5.74) is 6.24. The third kappa shape index (κ3) is 8.43. The van der Waals surface area contributed by atoms with E-state index in [4.69, 9.17) is 19.4 Å². The van der Waals surface area contributed by atoms with Gasteiger partial charge < -0.3 is 34.8 Å². The van der Waals surface area contributed by atoms with Gasteiger partial charge in [0, 0.05) is 29.9 Å². The summed E-state index contributed by atoms with van der Waals surface area (Å²) in [5.74, 6) is 1.19. The lowest BCUT2D eigenvalue weighted by Crippen LogP contribution is -2.62. The van der Waals surface area contributed by atoms with Crippen molar-refractivity contribution in [2.24, 2.45) is 17.8 Å². The lowest BCUT2D eigenvalue weighted by molar-refractivity contribution is -1.15. The van der Waals surface area contributed by atoms with E-state index in [0.717, 1.165) is 39.2 Å². The normalized spacial score (nSPS) is 21.4. The zero-order valence-electron chi connectivity index (χ0n) is 34.9. The smallest absolute Gasteiger partial charge is 0.453 e. The standard InChI is InChI=1S/C45H54N8O7/c1-27(2)40(50-44(55)60-6)43(54)51-25-30(26-59-5)21-38(51)41-46-22-36(48-41)34-16-12-32(13-17-34)33-14-18-35(19-15-33)37-23-47-42(49-37)39-20-28(3)24-52(39)53(58,45(56)57)29(4)31-10-8-7-9-11-31/h7-19,22-23,27-30,38-40,58H,20-21,24-26H2,1-6H3,(H3-,46,47,48,49,50,55,56,57)/p+1/t28-,29?,30-,38-,39-,40?,53?/m0/s1. The number of rotatable bonds is 13. The van der Waals surface area contributed by atoms with Crippen molar-refractivity contribution in [2.75, 3.05) is 33.9 Å². The fourth-order valence-electron chi connectivity index (χ4n) is 8.70. The van der Waals surface area contributed by atoms with Crippen LogP contribution in [0.3, 0.4) is 0 Å². The van der Waals surface area contributed by atoms with Crippen LogP contribution in [0.15, 0.2) is 91.3 Å². The maximum atomic E-state index is 13.9. The number of aromatic amines is 2. The molecule has 4 heterocycles. The van der Waals surface area contributed by atoms with Crippen molar-refractivity contribution in [1.82, 2.24) is 35.2 Å². The van der Waals surface area contributed by atoms with Crippen LogP contribution in [0, 0.1) is 17.8 Å². The number of hydrogen-bond donors (Lipinski definition) is 5. The Kier molecular flexibility index (Phi) is 12.5. The molecule has 0 radical (unpaired) electrons. The van der Waals surface area contributed by atoms with Gasteiger partial charge in [0.1, 0.15) is 23.7 Å². The summed E-state index contributed by atoms with van der Waals surface area (Å²) < 4.78 is 8.98. The third-order valence-electron chi connectivity index (χ3n) is 12.0. The van der Waals surface area contributed by atoms with Gasteiger partial charge in [-0.15, -0.1) is 5.01 Å². The number of nitrogens with zero attached hydrogens (tertiary/aromatic N) is 5. The minimum absolute atomic E-state index is 0.115. The second-order valence-corrected chi connectivity index (χ2v) is 16.4. The van der Waals surface area contributed by atoms with Gasteiger partial charge in [-0.25, -0.2) is 14.8 Å². The predicted octanol–water partition coefficient (Wildman–Crippen LogP) is 7.99. The van der Waals surface area contributed by atoms with Crippen LogP contribution in [0.25, 0.3) is 33.6 Å². The van der Waals surface area contributed by atoms with Crippen LogP contribution in [0.2, 0.25) is 0 Å². The number of hydrogen-bond acceptors (Lipinski definition) is 9. The van der Waals surface area contributed by atoms with Crippen molar-refractivity contribution < 1.29 is 38.9 Å². The molecule has 2 aliphatic rings. The Morgan fingerprint density at radius 3 is 1.88 bits per heavy atom. The number of hydroxylamine groups is 2. The number of aromatic nitrogens is 4. The van der Waals surface area contributed by atoms with Gasteiger partial charge in [-0.1, -0.05) is 99.6 Å². The second kappa shape index (κ2) is 17.8. The largest absolute Gasteiger partial charge is 0.568 e. The zero-order chi connectivity index (χ0) is 42.7. The number of amides is 3. The number of quaternary nitrogens is 1. The van der Waals surface area contributed by atoms with Crippen LogP contribution in [0.4, 0.5) is 9.59 Å². The number of nitrogens with one attached hydrogen (secondary N) is 3. The van der Waals surface area contributed by atoms with Crippen molar-refractivity contribution in [3.8, 4) is 33.6 Å². The van der Waals surface area contributed by atoms with E-state index in [1.807, 2.05) is 80.6 Å². The molecule has 5 N–H and O–H groups in total. The number of carboxylic acid groups (broad SMARTS) is 1. The molecule has 2 aliphatic heterocycles. The highest BCUT2D eigenvalue weighted by atomic mass is 16.7. The molecular formula is C45H55N8O7+. The Labute approximate surface area is 349 Å². The first-order valence-electron chi connectivity index (χ1n) is 20.4. The topological polar surface area (TPSA) is 186 Å². The number of carbonyl (C=O) groups is 3. The van der Waals surface area contributed by atoms with Gasteiger partial charge in [-0.05, 0) is 53.9 Å². The van der Waals surface area contributed by atoms with Crippen LogP contribution in [-0.4, -0.2) is 103 Å². The van der Waals surface area contributed by atoms with Gasteiger partial charge >= 0.3 is 12.2 Å². The van der Waals surface area contributed by atoms with Crippen molar-refractivity contribution in [3.63, 3.8) is 0 Å². The van der Waals surface area contributed by atoms with E-state index in [1.165, 1.54) is 7.11 Å². The molecule has 5 aromatic rings. The number of likely N-dealkylation sites (tertiary alicyclic amines) is 1. The van der Waals surface area contributed by atoms with Crippen LogP contribution in [0.5, 0.6) is 0 Å². The SMILES string of the molecule is COC[C@H]1C[C@@H](c2ncc(-c3ccc(-c4ccc(-c5cnc([C@@H]6C[C@H](C)CN6[N+](O)(C(=O)O)C(C)c6ccccc6)[nH]5)cc4)cc3)[nH]2)N(C(=O)C(NC(=O)OC)C(C)C)C1. The molecule has 3 aromatic carbocycles. The van der Waals surface area contributed by atoms with Gasteiger partial charge in [0.2, 0.25) is 5.91 Å². The first kappa shape index (κ1) is 42.3. The fraction of sp³-hybridized carbons (Fsp3) is 0.400. The molecular weight excluding hydrogens is 765 g/mol. The van der Waals surface area contributed by atoms with Gasteiger partial charge in [0.05, 0.1) is 50.1 Å². The van der Waals surface area contributed by atoms with Gasteiger partial charge in [-0.2, -0.15) is 10.0 Å².